The predicted molar refractivity (Wildman–Crippen MR) is 70.6 cm³/mol. The molecule has 102 valence electrons. The van der Waals surface area contributed by atoms with E-state index in [0.29, 0.717) is 18.1 Å². The maximum absolute atomic E-state index is 11.8. The third-order valence-corrected chi connectivity index (χ3v) is 4.14. The molecule has 17 heavy (non-hydrogen) atoms. The molecule has 0 aromatic heterocycles. The average Bonchev–Trinajstić information content (AvgIpc) is 2.66. The zero-order valence-corrected chi connectivity index (χ0v) is 11.9. The molecule has 1 heterocycles. The van der Waals surface area contributed by atoms with E-state index < -0.39 is 16.9 Å². The van der Waals surface area contributed by atoms with Crippen molar-refractivity contribution in [3.63, 3.8) is 0 Å². The summed E-state index contributed by atoms with van der Waals surface area (Å²) in [5.41, 5.74) is -0.0168. The van der Waals surface area contributed by atoms with Crippen molar-refractivity contribution >= 4 is 10.8 Å². The second-order valence-corrected chi connectivity index (χ2v) is 7.24. The molecule has 0 spiro atoms. The van der Waals surface area contributed by atoms with Gasteiger partial charge in [0.25, 0.3) is 0 Å². The minimum Gasteiger partial charge on any atom is -0.391 e. The van der Waals surface area contributed by atoms with Crippen LogP contribution in [0.25, 0.3) is 0 Å². The topological polar surface area (TPSA) is 58.6 Å². The largest absolute Gasteiger partial charge is 0.391 e. The quantitative estimate of drug-likeness (QED) is 0.739. The third kappa shape index (κ3) is 7.13. The first-order chi connectivity index (χ1) is 7.87. The van der Waals surface area contributed by atoms with Gasteiger partial charge in [-0.05, 0) is 33.6 Å². The maximum atomic E-state index is 11.8. The summed E-state index contributed by atoms with van der Waals surface area (Å²) in [6.07, 6.45) is 1.66. The van der Waals surface area contributed by atoms with Gasteiger partial charge < -0.3 is 15.2 Å². The molecule has 0 saturated carbocycles. The summed E-state index contributed by atoms with van der Waals surface area (Å²) in [6.45, 7) is 7.41. The smallest absolute Gasteiger partial charge is 0.0779 e. The standard InChI is InChI=1S/C12H25NO3S/c1-12(2,3)13-7-10(14)8-17(15)9-11-5-4-6-16-11/h10-11,13-14H,4-9H2,1-3H3. The number of aliphatic hydroxyl groups is 1. The summed E-state index contributed by atoms with van der Waals surface area (Å²) < 4.78 is 17.2. The van der Waals surface area contributed by atoms with Gasteiger partial charge in [0.05, 0.1) is 18.0 Å². The van der Waals surface area contributed by atoms with Crippen LogP contribution in [0.3, 0.4) is 0 Å². The molecular formula is C12H25NO3S. The summed E-state index contributed by atoms with van der Waals surface area (Å²) in [5, 5.41) is 13.0. The van der Waals surface area contributed by atoms with E-state index in [9.17, 15) is 9.32 Å². The SMILES string of the molecule is CC(C)(C)NCC(O)CS(=O)CC1CCCO1. The molecule has 3 unspecified atom stereocenters. The summed E-state index contributed by atoms with van der Waals surface area (Å²) in [6, 6.07) is 0. The van der Waals surface area contributed by atoms with Crippen molar-refractivity contribution in [1.29, 1.82) is 0 Å². The number of nitrogens with one attached hydrogen (secondary N) is 1. The molecule has 1 saturated heterocycles. The minimum absolute atomic E-state index is 0.0168. The Hall–Kier alpha value is 0.0300. The molecule has 0 radical (unpaired) electrons. The number of ether oxygens (including phenoxy) is 1. The number of hydrogen-bond acceptors (Lipinski definition) is 4. The van der Waals surface area contributed by atoms with Gasteiger partial charge in [0.2, 0.25) is 0 Å². The Bertz CT molecular complexity index is 247. The van der Waals surface area contributed by atoms with Gasteiger partial charge >= 0.3 is 0 Å². The normalized spacial score (nSPS) is 24.8. The number of hydrogen-bond donors (Lipinski definition) is 2. The van der Waals surface area contributed by atoms with Gasteiger partial charge in [-0.1, -0.05) is 0 Å². The average molecular weight is 263 g/mol. The molecule has 1 aliphatic heterocycles. The van der Waals surface area contributed by atoms with E-state index in [2.05, 4.69) is 5.32 Å². The van der Waals surface area contributed by atoms with Crippen LogP contribution >= 0.6 is 0 Å². The van der Waals surface area contributed by atoms with Gasteiger partial charge in [0, 0.05) is 35.2 Å². The van der Waals surface area contributed by atoms with Crippen molar-refractivity contribution in [1.82, 2.24) is 5.32 Å². The lowest BCUT2D eigenvalue weighted by Gasteiger charge is -2.22. The Morgan fingerprint density at radius 3 is 2.76 bits per heavy atom. The highest BCUT2D eigenvalue weighted by Gasteiger charge is 2.20. The van der Waals surface area contributed by atoms with E-state index in [0.717, 1.165) is 19.4 Å². The van der Waals surface area contributed by atoms with Gasteiger partial charge in [0.15, 0.2) is 0 Å². The van der Waals surface area contributed by atoms with E-state index in [4.69, 9.17) is 4.74 Å². The molecule has 0 bridgehead atoms. The van der Waals surface area contributed by atoms with Crippen LogP contribution in [0.2, 0.25) is 0 Å². The van der Waals surface area contributed by atoms with Gasteiger partial charge in [-0.25, -0.2) is 0 Å². The van der Waals surface area contributed by atoms with Gasteiger partial charge in [-0.3, -0.25) is 4.21 Å². The fourth-order valence-corrected chi connectivity index (χ4v) is 3.11. The van der Waals surface area contributed by atoms with E-state index in [1.54, 1.807) is 0 Å². The van der Waals surface area contributed by atoms with E-state index in [1.807, 2.05) is 20.8 Å². The molecule has 2 N–H and O–H groups in total. The molecule has 0 aliphatic carbocycles. The maximum Gasteiger partial charge on any atom is 0.0779 e. The molecular weight excluding hydrogens is 238 g/mol. The van der Waals surface area contributed by atoms with Crippen LogP contribution in [0.4, 0.5) is 0 Å². The van der Waals surface area contributed by atoms with Crippen molar-refractivity contribution in [2.75, 3.05) is 24.7 Å². The molecule has 4 nitrogen and oxygen atoms in total. The van der Waals surface area contributed by atoms with Gasteiger partial charge in [0.1, 0.15) is 0 Å². The van der Waals surface area contributed by atoms with Crippen LogP contribution in [0.5, 0.6) is 0 Å². The summed E-state index contributed by atoms with van der Waals surface area (Å²) >= 11 is 0. The molecule has 0 aromatic rings. The van der Waals surface area contributed by atoms with E-state index in [1.165, 1.54) is 0 Å². The Balaban J connectivity index is 2.16. The molecule has 0 aromatic carbocycles. The van der Waals surface area contributed by atoms with E-state index in [-0.39, 0.29) is 11.6 Å². The van der Waals surface area contributed by atoms with Crippen molar-refractivity contribution in [2.45, 2.75) is 51.4 Å². The van der Waals surface area contributed by atoms with Crippen LogP contribution < -0.4 is 5.32 Å². The Kier molecular flexibility index (Phi) is 6.06. The highest BCUT2D eigenvalue weighted by molar-refractivity contribution is 7.85. The van der Waals surface area contributed by atoms with Crippen LogP contribution in [-0.2, 0) is 15.5 Å². The van der Waals surface area contributed by atoms with Crippen molar-refractivity contribution in [3.8, 4) is 0 Å². The second-order valence-electron chi connectivity index (χ2n) is 5.69. The molecule has 5 heteroatoms. The van der Waals surface area contributed by atoms with Crippen molar-refractivity contribution < 1.29 is 14.1 Å². The number of aliphatic hydroxyl groups excluding tert-OH is 1. The first kappa shape index (κ1) is 15.1. The molecule has 0 amide bonds. The fraction of sp³-hybridized carbons (Fsp3) is 1.00. The Morgan fingerprint density at radius 2 is 2.24 bits per heavy atom. The number of rotatable bonds is 6. The van der Waals surface area contributed by atoms with Gasteiger partial charge in [-0.15, -0.1) is 0 Å². The van der Waals surface area contributed by atoms with Crippen LogP contribution in [0.1, 0.15) is 33.6 Å². The van der Waals surface area contributed by atoms with Crippen molar-refractivity contribution in [3.05, 3.63) is 0 Å². The minimum atomic E-state index is -0.983. The molecule has 3 atom stereocenters. The lowest BCUT2D eigenvalue weighted by molar-refractivity contribution is 0.127. The third-order valence-electron chi connectivity index (χ3n) is 2.64. The Morgan fingerprint density at radius 1 is 1.53 bits per heavy atom. The molecule has 1 aliphatic rings. The first-order valence-corrected chi connectivity index (χ1v) is 7.75. The molecule has 1 rings (SSSR count). The summed E-state index contributed by atoms with van der Waals surface area (Å²) in [4.78, 5) is 0. The molecule has 1 fully saturated rings. The van der Waals surface area contributed by atoms with Crippen LogP contribution in [-0.4, -0.2) is 51.7 Å². The fourth-order valence-electron chi connectivity index (χ4n) is 1.75. The highest BCUT2D eigenvalue weighted by Crippen LogP contribution is 2.13. The van der Waals surface area contributed by atoms with E-state index >= 15 is 0 Å². The summed E-state index contributed by atoms with van der Waals surface area (Å²) in [5.74, 6) is 0.898. The lowest BCUT2D eigenvalue weighted by Crippen LogP contribution is -2.42. The van der Waals surface area contributed by atoms with Gasteiger partial charge in [-0.2, -0.15) is 0 Å². The predicted octanol–water partition coefficient (Wildman–Crippen LogP) is 0.663. The monoisotopic (exact) mass is 263 g/mol. The summed E-state index contributed by atoms with van der Waals surface area (Å²) in [7, 11) is -0.983. The second kappa shape index (κ2) is 6.83. The lowest BCUT2D eigenvalue weighted by atomic mass is 10.1. The highest BCUT2D eigenvalue weighted by atomic mass is 32.2. The zero-order chi connectivity index (χ0) is 12.9. The first-order valence-electron chi connectivity index (χ1n) is 6.26. The van der Waals surface area contributed by atoms with Crippen LogP contribution in [0, 0.1) is 0 Å². The van der Waals surface area contributed by atoms with Crippen LogP contribution in [0.15, 0.2) is 0 Å². The van der Waals surface area contributed by atoms with Crippen molar-refractivity contribution in [2.24, 2.45) is 0 Å². The number of β-amino-alcohol motifs (C(OH)–C–C–N with tert-alkyl or cyclic N) is 1. The zero-order valence-electron chi connectivity index (χ0n) is 11.1. The Labute approximate surface area is 107 Å².